The molecule has 0 aromatic rings. The van der Waals surface area contributed by atoms with Gasteiger partial charge in [0.25, 0.3) is 0 Å². The number of oxime groups is 1. The average Bonchev–Trinajstić information content (AvgIpc) is 2.15. The van der Waals surface area contributed by atoms with E-state index in [-0.39, 0.29) is 11.5 Å². The number of piperidine rings is 1. The monoisotopic (exact) mass is 242 g/mol. The summed E-state index contributed by atoms with van der Waals surface area (Å²) in [6.07, 6.45) is 2.87. The second kappa shape index (κ2) is 4.94. The molecule has 17 heavy (non-hydrogen) atoms. The summed E-state index contributed by atoms with van der Waals surface area (Å²) in [7, 11) is 0. The lowest BCUT2D eigenvalue weighted by molar-refractivity contribution is 0.0167. The maximum atomic E-state index is 11.8. The summed E-state index contributed by atoms with van der Waals surface area (Å²) in [5.74, 6) is 0. The highest BCUT2D eigenvalue weighted by Gasteiger charge is 2.32. The molecule has 5 nitrogen and oxygen atoms in total. The van der Waals surface area contributed by atoms with Crippen LogP contribution in [0.3, 0.4) is 0 Å². The highest BCUT2D eigenvalue weighted by Crippen LogP contribution is 2.29. The summed E-state index contributed by atoms with van der Waals surface area (Å²) in [6.45, 7) is 8.88. The SMILES string of the molecule is CC1(C=NO)CCN(C(=O)OC(C)(C)C)CC1. The van der Waals surface area contributed by atoms with Gasteiger partial charge in [-0.3, -0.25) is 0 Å². The van der Waals surface area contributed by atoms with Crippen LogP contribution in [-0.2, 0) is 4.74 Å². The molecule has 1 aliphatic heterocycles. The minimum absolute atomic E-state index is 0.118. The Morgan fingerprint density at radius 2 is 1.94 bits per heavy atom. The highest BCUT2D eigenvalue weighted by atomic mass is 16.6. The van der Waals surface area contributed by atoms with Crippen LogP contribution in [0.5, 0.6) is 0 Å². The van der Waals surface area contributed by atoms with Crippen molar-refractivity contribution in [3.8, 4) is 0 Å². The number of amides is 1. The van der Waals surface area contributed by atoms with Crippen LogP contribution in [0.15, 0.2) is 5.16 Å². The summed E-state index contributed by atoms with van der Waals surface area (Å²) in [6, 6.07) is 0. The highest BCUT2D eigenvalue weighted by molar-refractivity contribution is 5.69. The molecule has 1 N–H and O–H groups in total. The van der Waals surface area contributed by atoms with Gasteiger partial charge < -0.3 is 14.8 Å². The standard InChI is InChI=1S/C12H22N2O3/c1-11(2,3)17-10(15)14-7-5-12(4,6-8-14)9-13-16/h9,16H,5-8H2,1-4H3. The van der Waals surface area contributed by atoms with E-state index in [1.54, 1.807) is 11.1 Å². The summed E-state index contributed by atoms with van der Waals surface area (Å²) < 4.78 is 5.31. The first-order valence-electron chi connectivity index (χ1n) is 5.92. The fourth-order valence-electron chi connectivity index (χ4n) is 1.80. The van der Waals surface area contributed by atoms with Gasteiger partial charge in [-0.1, -0.05) is 6.92 Å². The maximum absolute atomic E-state index is 11.8. The molecule has 98 valence electrons. The van der Waals surface area contributed by atoms with Gasteiger partial charge in [0.15, 0.2) is 0 Å². The second-order valence-corrected chi connectivity index (χ2v) is 5.87. The molecular formula is C12H22N2O3. The van der Waals surface area contributed by atoms with E-state index in [1.807, 2.05) is 27.7 Å². The first kappa shape index (κ1) is 13.8. The minimum atomic E-state index is -0.454. The van der Waals surface area contributed by atoms with Crippen LogP contribution in [0, 0.1) is 5.41 Å². The van der Waals surface area contributed by atoms with Crippen molar-refractivity contribution in [1.82, 2.24) is 4.90 Å². The lowest BCUT2D eigenvalue weighted by Gasteiger charge is -2.37. The van der Waals surface area contributed by atoms with Gasteiger partial charge in [0.2, 0.25) is 0 Å². The van der Waals surface area contributed by atoms with Gasteiger partial charge in [0.1, 0.15) is 5.60 Å². The molecule has 0 atom stereocenters. The zero-order chi connectivity index (χ0) is 13.1. The van der Waals surface area contributed by atoms with Crippen molar-refractivity contribution in [2.75, 3.05) is 13.1 Å². The number of carbonyl (C=O) groups excluding carboxylic acids is 1. The van der Waals surface area contributed by atoms with Crippen molar-refractivity contribution in [3.05, 3.63) is 0 Å². The minimum Gasteiger partial charge on any atom is -0.444 e. The topological polar surface area (TPSA) is 62.1 Å². The molecule has 0 saturated carbocycles. The second-order valence-electron chi connectivity index (χ2n) is 5.87. The molecule has 0 aliphatic carbocycles. The van der Waals surface area contributed by atoms with Crippen LogP contribution < -0.4 is 0 Å². The molecule has 1 aliphatic rings. The number of hydrogen-bond acceptors (Lipinski definition) is 4. The van der Waals surface area contributed by atoms with Crippen molar-refractivity contribution >= 4 is 12.3 Å². The van der Waals surface area contributed by atoms with Gasteiger partial charge in [0, 0.05) is 24.7 Å². The summed E-state index contributed by atoms with van der Waals surface area (Å²) in [5, 5.41) is 11.7. The zero-order valence-corrected chi connectivity index (χ0v) is 11.1. The van der Waals surface area contributed by atoms with E-state index in [4.69, 9.17) is 9.94 Å². The predicted molar refractivity (Wildman–Crippen MR) is 65.4 cm³/mol. The Kier molecular flexibility index (Phi) is 4.01. The fraction of sp³-hybridized carbons (Fsp3) is 0.833. The van der Waals surface area contributed by atoms with Crippen LogP contribution >= 0.6 is 0 Å². The number of rotatable bonds is 1. The maximum Gasteiger partial charge on any atom is 0.410 e. The Morgan fingerprint density at radius 1 is 1.41 bits per heavy atom. The van der Waals surface area contributed by atoms with Crippen LogP contribution in [0.4, 0.5) is 4.79 Å². The normalized spacial score (nSPS) is 20.6. The number of hydrogen-bond donors (Lipinski definition) is 1. The molecule has 0 aromatic heterocycles. The molecule has 0 spiro atoms. The van der Waals surface area contributed by atoms with Crippen molar-refractivity contribution in [2.45, 2.75) is 46.1 Å². The van der Waals surface area contributed by atoms with Crippen LogP contribution in [0.1, 0.15) is 40.5 Å². The fourth-order valence-corrected chi connectivity index (χ4v) is 1.80. The van der Waals surface area contributed by atoms with E-state index in [9.17, 15) is 4.79 Å². The number of ether oxygens (including phenoxy) is 1. The molecule has 1 amide bonds. The van der Waals surface area contributed by atoms with Gasteiger partial charge in [0.05, 0.1) is 0 Å². The molecule has 1 heterocycles. The first-order chi connectivity index (χ1) is 7.76. The Morgan fingerprint density at radius 3 is 2.35 bits per heavy atom. The molecule has 5 heteroatoms. The largest absolute Gasteiger partial charge is 0.444 e. The first-order valence-corrected chi connectivity index (χ1v) is 5.92. The molecule has 1 rings (SSSR count). The quantitative estimate of drug-likeness (QED) is 0.436. The van der Waals surface area contributed by atoms with Gasteiger partial charge in [-0.05, 0) is 33.6 Å². The van der Waals surface area contributed by atoms with Crippen LogP contribution in [0.25, 0.3) is 0 Å². The van der Waals surface area contributed by atoms with E-state index < -0.39 is 5.60 Å². The molecule has 1 saturated heterocycles. The Labute approximate surface area is 102 Å². The van der Waals surface area contributed by atoms with Gasteiger partial charge >= 0.3 is 6.09 Å². The van der Waals surface area contributed by atoms with E-state index in [2.05, 4.69) is 5.16 Å². The molecule has 0 radical (unpaired) electrons. The van der Waals surface area contributed by atoms with Crippen molar-refractivity contribution in [3.63, 3.8) is 0 Å². The number of likely N-dealkylation sites (tertiary alicyclic amines) is 1. The van der Waals surface area contributed by atoms with E-state index in [0.717, 1.165) is 12.8 Å². The third-order valence-electron chi connectivity index (χ3n) is 2.93. The lowest BCUT2D eigenvalue weighted by Crippen LogP contribution is -2.44. The van der Waals surface area contributed by atoms with Crippen LogP contribution in [-0.4, -0.2) is 41.1 Å². The Balaban J connectivity index is 2.50. The number of nitrogens with zero attached hydrogens (tertiary/aromatic N) is 2. The third-order valence-corrected chi connectivity index (χ3v) is 2.93. The average molecular weight is 242 g/mol. The molecule has 1 fully saturated rings. The van der Waals surface area contributed by atoms with Gasteiger partial charge in [-0.25, -0.2) is 4.79 Å². The third kappa shape index (κ3) is 4.24. The smallest absolute Gasteiger partial charge is 0.410 e. The Bertz CT molecular complexity index is 299. The van der Waals surface area contributed by atoms with Gasteiger partial charge in [-0.15, -0.1) is 5.16 Å². The van der Waals surface area contributed by atoms with Crippen molar-refractivity contribution < 1.29 is 14.7 Å². The van der Waals surface area contributed by atoms with Crippen molar-refractivity contribution in [1.29, 1.82) is 0 Å². The van der Waals surface area contributed by atoms with Crippen molar-refractivity contribution in [2.24, 2.45) is 10.6 Å². The Hall–Kier alpha value is -1.26. The summed E-state index contributed by atoms with van der Waals surface area (Å²) in [5.41, 5.74) is -0.572. The number of carbonyl (C=O) groups is 1. The van der Waals surface area contributed by atoms with Gasteiger partial charge in [-0.2, -0.15) is 0 Å². The zero-order valence-electron chi connectivity index (χ0n) is 11.1. The molecule has 0 bridgehead atoms. The van der Waals surface area contributed by atoms with Crippen LogP contribution in [0.2, 0.25) is 0 Å². The lowest BCUT2D eigenvalue weighted by atomic mass is 9.82. The summed E-state index contributed by atoms with van der Waals surface area (Å²) in [4.78, 5) is 13.5. The summed E-state index contributed by atoms with van der Waals surface area (Å²) >= 11 is 0. The van der Waals surface area contributed by atoms with E-state index >= 15 is 0 Å². The molecular weight excluding hydrogens is 220 g/mol. The van der Waals surface area contributed by atoms with E-state index in [1.165, 1.54) is 0 Å². The van der Waals surface area contributed by atoms with E-state index in [0.29, 0.717) is 13.1 Å². The molecule has 0 aromatic carbocycles. The molecule has 0 unspecified atom stereocenters. The predicted octanol–water partition coefficient (Wildman–Crippen LogP) is 2.48.